The molecule has 0 unspecified atom stereocenters. The van der Waals surface area contributed by atoms with Gasteiger partial charge in [-0.05, 0) is 40.5 Å². The molecule has 0 atom stereocenters. The Hall–Kier alpha value is -0.450. The zero-order chi connectivity index (χ0) is 13.3. The van der Waals surface area contributed by atoms with Gasteiger partial charge in [0.15, 0.2) is 0 Å². The van der Waals surface area contributed by atoms with Gasteiger partial charge in [-0.15, -0.1) is 11.3 Å². The monoisotopic (exact) mass is 268 g/mol. The smallest absolute Gasteiger partial charge is 0.0959 e. The van der Waals surface area contributed by atoms with Crippen LogP contribution in [0.15, 0.2) is 0 Å². The summed E-state index contributed by atoms with van der Waals surface area (Å²) in [7, 11) is 0. The van der Waals surface area contributed by atoms with Crippen LogP contribution < -0.4 is 0 Å². The Morgan fingerprint density at radius 1 is 1.33 bits per heavy atom. The predicted octanol–water partition coefficient (Wildman–Crippen LogP) is 2.54. The Morgan fingerprint density at radius 2 is 1.94 bits per heavy atom. The van der Waals surface area contributed by atoms with E-state index in [-0.39, 0.29) is 0 Å². The number of aliphatic hydroxyl groups is 1. The van der Waals surface area contributed by atoms with E-state index in [0.717, 1.165) is 43.1 Å². The lowest BCUT2D eigenvalue weighted by atomic mass is 9.88. The number of thiazole rings is 1. The van der Waals surface area contributed by atoms with Gasteiger partial charge in [0.05, 0.1) is 16.3 Å². The zero-order valence-corrected chi connectivity index (χ0v) is 12.7. The molecule has 1 saturated heterocycles. The molecule has 1 aromatic rings. The second kappa shape index (κ2) is 5.27. The number of likely N-dealkylation sites (tertiary alicyclic amines) is 1. The number of nitrogens with zero attached hydrogens (tertiary/aromatic N) is 2. The van der Waals surface area contributed by atoms with Crippen molar-refractivity contribution in [2.45, 2.75) is 58.6 Å². The largest absolute Gasteiger partial charge is 0.389 e. The molecule has 2 heterocycles. The van der Waals surface area contributed by atoms with Gasteiger partial charge in [-0.25, -0.2) is 4.98 Å². The van der Waals surface area contributed by atoms with Gasteiger partial charge in [0.2, 0.25) is 0 Å². The highest BCUT2D eigenvalue weighted by molar-refractivity contribution is 7.11. The predicted molar refractivity (Wildman–Crippen MR) is 76.2 cm³/mol. The minimum Gasteiger partial charge on any atom is -0.389 e. The van der Waals surface area contributed by atoms with Crippen molar-refractivity contribution in [2.24, 2.45) is 0 Å². The molecule has 0 aliphatic carbocycles. The topological polar surface area (TPSA) is 36.4 Å². The molecule has 0 bridgehead atoms. The fourth-order valence-corrected chi connectivity index (χ4v) is 3.60. The van der Waals surface area contributed by atoms with Crippen LogP contribution in [0.2, 0.25) is 0 Å². The number of hydrogen-bond acceptors (Lipinski definition) is 4. The third kappa shape index (κ3) is 3.11. The lowest BCUT2D eigenvalue weighted by molar-refractivity contribution is -0.0271. The van der Waals surface area contributed by atoms with Crippen molar-refractivity contribution in [2.75, 3.05) is 13.1 Å². The highest BCUT2D eigenvalue weighted by Crippen LogP contribution is 2.29. The summed E-state index contributed by atoms with van der Waals surface area (Å²) >= 11 is 1.73. The van der Waals surface area contributed by atoms with E-state index in [1.54, 1.807) is 11.3 Å². The van der Waals surface area contributed by atoms with Gasteiger partial charge >= 0.3 is 0 Å². The highest BCUT2D eigenvalue weighted by Gasteiger charge is 2.34. The number of hydrogen-bond donors (Lipinski definition) is 1. The number of aryl methyl sites for hydroxylation is 2. The quantitative estimate of drug-likeness (QED) is 0.915. The molecule has 3 nitrogen and oxygen atoms in total. The average Bonchev–Trinajstić information content (AvgIpc) is 2.57. The Labute approximate surface area is 114 Å². The Kier molecular flexibility index (Phi) is 4.09. The van der Waals surface area contributed by atoms with E-state index in [1.165, 1.54) is 4.88 Å². The van der Waals surface area contributed by atoms with E-state index in [2.05, 4.69) is 30.7 Å². The summed E-state index contributed by atoms with van der Waals surface area (Å²) in [5.41, 5.74) is 0.570. The molecule has 0 spiro atoms. The molecular weight excluding hydrogens is 244 g/mol. The Bertz CT molecular complexity index is 386. The lowest BCUT2D eigenvalue weighted by Crippen LogP contribution is -2.47. The van der Waals surface area contributed by atoms with E-state index in [0.29, 0.717) is 6.04 Å². The first-order chi connectivity index (χ1) is 8.39. The molecule has 1 aliphatic heterocycles. The van der Waals surface area contributed by atoms with Gasteiger partial charge in [0, 0.05) is 30.4 Å². The molecule has 102 valence electrons. The van der Waals surface area contributed by atoms with Gasteiger partial charge in [-0.1, -0.05) is 0 Å². The normalized spacial score (nSPS) is 20.6. The van der Waals surface area contributed by atoms with E-state index >= 15 is 0 Å². The van der Waals surface area contributed by atoms with Crippen LogP contribution in [0.4, 0.5) is 0 Å². The van der Waals surface area contributed by atoms with Crippen molar-refractivity contribution < 1.29 is 5.11 Å². The molecule has 18 heavy (non-hydrogen) atoms. The average molecular weight is 268 g/mol. The summed E-state index contributed by atoms with van der Waals surface area (Å²) in [6, 6.07) is 0.582. The highest BCUT2D eigenvalue weighted by atomic mass is 32.1. The first kappa shape index (κ1) is 14.0. The molecule has 0 saturated carbocycles. The molecule has 2 rings (SSSR count). The van der Waals surface area contributed by atoms with Gasteiger partial charge in [0.1, 0.15) is 0 Å². The molecule has 0 aromatic carbocycles. The van der Waals surface area contributed by atoms with Crippen LogP contribution in [0.25, 0.3) is 0 Å². The molecule has 1 N–H and O–H groups in total. The summed E-state index contributed by atoms with van der Waals surface area (Å²) in [5.74, 6) is 0. The first-order valence-electron chi connectivity index (χ1n) is 6.79. The lowest BCUT2D eigenvalue weighted by Gasteiger charge is -2.39. The van der Waals surface area contributed by atoms with Crippen molar-refractivity contribution >= 4 is 11.3 Å². The van der Waals surface area contributed by atoms with E-state index in [9.17, 15) is 5.11 Å². The fraction of sp³-hybridized carbons (Fsp3) is 0.786. The Morgan fingerprint density at radius 3 is 2.39 bits per heavy atom. The molecular formula is C14H24N2OS. The van der Waals surface area contributed by atoms with Crippen LogP contribution in [0, 0.1) is 13.8 Å². The van der Waals surface area contributed by atoms with Crippen molar-refractivity contribution in [3.8, 4) is 0 Å². The second-order valence-electron chi connectivity index (χ2n) is 5.78. The van der Waals surface area contributed by atoms with Crippen molar-refractivity contribution in [3.63, 3.8) is 0 Å². The maximum absolute atomic E-state index is 10.7. The molecule has 0 radical (unpaired) electrons. The van der Waals surface area contributed by atoms with Crippen LogP contribution in [0.3, 0.4) is 0 Å². The molecule has 1 fully saturated rings. The van der Waals surface area contributed by atoms with Crippen LogP contribution >= 0.6 is 11.3 Å². The second-order valence-corrected chi connectivity index (χ2v) is 7.07. The summed E-state index contributed by atoms with van der Waals surface area (Å²) in [6.45, 7) is 10.6. The molecule has 0 amide bonds. The standard InChI is InChI=1S/C14H24N2OS/c1-10(2)16-7-5-14(17,6-8-16)9-13-15-11(3)12(4)18-13/h10,17H,5-9H2,1-4H3. The van der Waals surface area contributed by atoms with Crippen molar-refractivity contribution in [1.29, 1.82) is 0 Å². The summed E-state index contributed by atoms with van der Waals surface area (Å²) in [5, 5.41) is 11.8. The number of piperidine rings is 1. The minimum absolute atomic E-state index is 0.540. The maximum atomic E-state index is 10.7. The van der Waals surface area contributed by atoms with Crippen LogP contribution in [0.1, 0.15) is 42.3 Å². The number of rotatable bonds is 3. The van der Waals surface area contributed by atoms with Crippen LogP contribution in [0.5, 0.6) is 0 Å². The third-order valence-electron chi connectivity index (χ3n) is 4.01. The van der Waals surface area contributed by atoms with Crippen LogP contribution in [-0.4, -0.2) is 39.7 Å². The van der Waals surface area contributed by atoms with Gasteiger partial charge in [-0.2, -0.15) is 0 Å². The van der Waals surface area contributed by atoms with E-state index < -0.39 is 5.60 Å². The van der Waals surface area contributed by atoms with Crippen molar-refractivity contribution in [3.05, 3.63) is 15.6 Å². The SMILES string of the molecule is Cc1nc(CC2(O)CCN(C(C)C)CC2)sc1C. The fourth-order valence-electron chi connectivity index (χ4n) is 2.53. The van der Waals surface area contributed by atoms with Gasteiger partial charge in [0.25, 0.3) is 0 Å². The van der Waals surface area contributed by atoms with E-state index in [1.807, 2.05) is 6.92 Å². The number of aromatic nitrogens is 1. The summed E-state index contributed by atoms with van der Waals surface area (Å²) in [6.07, 6.45) is 2.45. The molecule has 4 heteroatoms. The minimum atomic E-state index is -0.540. The van der Waals surface area contributed by atoms with Gasteiger partial charge in [-0.3, -0.25) is 0 Å². The maximum Gasteiger partial charge on any atom is 0.0959 e. The summed E-state index contributed by atoms with van der Waals surface area (Å²) < 4.78 is 0. The zero-order valence-electron chi connectivity index (χ0n) is 11.9. The van der Waals surface area contributed by atoms with Crippen LogP contribution in [-0.2, 0) is 6.42 Å². The van der Waals surface area contributed by atoms with Crippen molar-refractivity contribution in [1.82, 2.24) is 9.88 Å². The van der Waals surface area contributed by atoms with E-state index in [4.69, 9.17) is 0 Å². The third-order valence-corrected chi connectivity index (χ3v) is 5.08. The summed E-state index contributed by atoms with van der Waals surface area (Å²) in [4.78, 5) is 8.26. The first-order valence-corrected chi connectivity index (χ1v) is 7.61. The Balaban J connectivity index is 1.97. The van der Waals surface area contributed by atoms with Gasteiger partial charge < -0.3 is 10.0 Å². The molecule has 1 aromatic heterocycles. The molecule has 1 aliphatic rings.